The van der Waals surface area contributed by atoms with Gasteiger partial charge in [-0.05, 0) is 36.8 Å². The lowest BCUT2D eigenvalue weighted by Gasteiger charge is -2.33. The van der Waals surface area contributed by atoms with Crippen LogP contribution in [0.5, 0.6) is 0 Å². The van der Waals surface area contributed by atoms with Crippen LogP contribution in [0.25, 0.3) is 0 Å². The minimum Gasteiger partial charge on any atom is -0.399 e. The normalized spacial score (nSPS) is 18.3. The second kappa shape index (κ2) is 6.32. The fraction of sp³-hybridized carbons (Fsp3) is 0.571. The average molecular weight is 351 g/mol. The Bertz CT molecular complexity index is 601. The number of anilines is 1. The topological polar surface area (TPSA) is 63.4 Å². The number of piperidine rings is 1. The van der Waals surface area contributed by atoms with E-state index in [1.807, 2.05) is 0 Å². The van der Waals surface area contributed by atoms with Gasteiger partial charge in [-0.1, -0.05) is 37.0 Å². The summed E-state index contributed by atoms with van der Waals surface area (Å²) in [7, 11) is -3.68. The van der Waals surface area contributed by atoms with E-state index in [1.165, 1.54) is 16.4 Å². The van der Waals surface area contributed by atoms with Crippen LogP contribution in [-0.2, 0) is 10.0 Å². The molecule has 0 spiro atoms. The van der Waals surface area contributed by atoms with Crippen LogP contribution >= 0.6 is 23.2 Å². The van der Waals surface area contributed by atoms with Gasteiger partial charge in [0.1, 0.15) is 4.90 Å². The molecule has 118 valence electrons. The Hall–Kier alpha value is -0.490. The fourth-order valence-electron chi connectivity index (χ4n) is 2.74. The molecule has 0 aromatic heterocycles. The lowest BCUT2D eigenvalue weighted by Crippen LogP contribution is -2.39. The Morgan fingerprint density at radius 1 is 1.19 bits per heavy atom. The molecule has 1 saturated heterocycles. The van der Waals surface area contributed by atoms with Gasteiger partial charge in [-0.15, -0.1) is 0 Å². The lowest BCUT2D eigenvalue weighted by molar-refractivity contribution is 0.226. The van der Waals surface area contributed by atoms with Crippen LogP contribution in [0.2, 0.25) is 10.0 Å². The van der Waals surface area contributed by atoms with Crippen LogP contribution in [-0.4, -0.2) is 25.8 Å². The van der Waals surface area contributed by atoms with Crippen molar-refractivity contribution in [2.75, 3.05) is 18.8 Å². The largest absolute Gasteiger partial charge is 0.399 e. The van der Waals surface area contributed by atoms with Gasteiger partial charge in [-0.25, -0.2) is 8.42 Å². The molecule has 2 rings (SSSR count). The van der Waals surface area contributed by atoms with Crippen LogP contribution in [0.15, 0.2) is 17.0 Å². The molecular formula is C14H20Cl2N2O2S. The third-order valence-electron chi connectivity index (χ3n) is 4.06. The lowest BCUT2D eigenvalue weighted by atomic mass is 9.87. The van der Waals surface area contributed by atoms with Gasteiger partial charge in [-0.3, -0.25) is 0 Å². The first kappa shape index (κ1) is 16.9. The van der Waals surface area contributed by atoms with E-state index in [0.29, 0.717) is 30.6 Å². The summed E-state index contributed by atoms with van der Waals surface area (Å²) in [5.74, 6) is 1.13. The zero-order valence-electron chi connectivity index (χ0n) is 12.1. The van der Waals surface area contributed by atoms with Crippen molar-refractivity contribution in [1.82, 2.24) is 4.31 Å². The maximum Gasteiger partial charge on any atom is 0.246 e. The van der Waals surface area contributed by atoms with E-state index in [-0.39, 0.29) is 14.9 Å². The molecule has 0 amide bonds. The van der Waals surface area contributed by atoms with Gasteiger partial charge in [0.05, 0.1) is 10.0 Å². The van der Waals surface area contributed by atoms with Crippen molar-refractivity contribution < 1.29 is 8.42 Å². The van der Waals surface area contributed by atoms with Gasteiger partial charge >= 0.3 is 0 Å². The zero-order valence-corrected chi connectivity index (χ0v) is 14.5. The smallest absolute Gasteiger partial charge is 0.246 e. The highest BCUT2D eigenvalue weighted by atomic mass is 35.5. The van der Waals surface area contributed by atoms with Crippen molar-refractivity contribution >= 4 is 38.9 Å². The first-order valence-electron chi connectivity index (χ1n) is 6.98. The highest BCUT2D eigenvalue weighted by Crippen LogP contribution is 2.36. The zero-order chi connectivity index (χ0) is 15.8. The first-order valence-corrected chi connectivity index (χ1v) is 9.17. The minimum absolute atomic E-state index is 0.0389. The summed E-state index contributed by atoms with van der Waals surface area (Å²) in [5.41, 5.74) is 5.97. The second-order valence-electron chi connectivity index (χ2n) is 5.80. The standard InChI is InChI=1S/C14H20Cl2N2O2S/c1-9(2)10-3-5-18(6-4-10)21(19,20)14-12(15)7-11(17)8-13(14)16/h7-10H,3-6,17H2,1-2H3. The predicted octanol–water partition coefficient (Wildman–Crippen LogP) is 3.63. The fourth-order valence-corrected chi connectivity index (χ4v) is 5.39. The van der Waals surface area contributed by atoms with Crippen molar-refractivity contribution in [2.45, 2.75) is 31.6 Å². The second-order valence-corrected chi connectivity index (χ2v) is 8.49. The van der Waals surface area contributed by atoms with Crippen molar-refractivity contribution in [3.8, 4) is 0 Å². The summed E-state index contributed by atoms with van der Waals surface area (Å²) in [6, 6.07) is 2.84. The van der Waals surface area contributed by atoms with E-state index in [0.717, 1.165) is 12.8 Å². The van der Waals surface area contributed by atoms with Crippen LogP contribution in [0, 0.1) is 11.8 Å². The van der Waals surface area contributed by atoms with Crippen LogP contribution in [0.1, 0.15) is 26.7 Å². The number of nitrogens with zero attached hydrogens (tertiary/aromatic N) is 1. The summed E-state index contributed by atoms with van der Waals surface area (Å²) in [6.45, 7) is 5.34. The first-order chi connectivity index (χ1) is 9.73. The molecule has 1 aliphatic rings. The van der Waals surface area contributed by atoms with Crippen LogP contribution in [0.3, 0.4) is 0 Å². The molecule has 0 aliphatic carbocycles. The van der Waals surface area contributed by atoms with Gasteiger partial charge < -0.3 is 5.73 Å². The Balaban J connectivity index is 2.28. The van der Waals surface area contributed by atoms with E-state index < -0.39 is 10.0 Å². The average Bonchev–Trinajstić information content (AvgIpc) is 2.37. The molecule has 1 aromatic rings. The maximum atomic E-state index is 12.7. The monoisotopic (exact) mass is 350 g/mol. The van der Waals surface area contributed by atoms with Gasteiger partial charge in [0, 0.05) is 18.8 Å². The van der Waals surface area contributed by atoms with Gasteiger partial charge in [0.25, 0.3) is 0 Å². The van der Waals surface area contributed by atoms with Crippen molar-refractivity contribution in [2.24, 2.45) is 11.8 Å². The molecular weight excluding hydrogens is 331 g/mol. The molecule has 7 heteroatoms. The van der Waals surface area contributed by atoms with E-state index in [4.69, 9.17) is 28.9 Å². The molecule has 0 radical (unpaired) electrons. The van der Waals surface area contributed by atoms with Crippen LogP contribution < -0.4 is 5.73 Å². The highest BCUT2D eigenvalue weighted by molar-refractivity contribution is 7.89. The molecule has 0 bridgehead atoms. The Morgan fingerprint density at radius 2 is 1.67 bits per heavy atom. The number of nitrogens with two attached hydrogens (primary N) is 1. The quantitative estimate of drug-likeness (QED) is 0.846. The summed E-state index contributed by atoms with van der Waals surface area (Å²) in [4.78, 5) is -0.0389. The molecule has 0 unspecified atom stereocenters. The number of nitrogen functional groups attached to an aromatic ring is 1. The molecule has 1 aromatic carbocycles. The number of hydrogen-bond donors (Lipinski definition) is 1. The summed E-state index contributed by atoms with van der Waals surface area (Å²) in [5, 5.41) is 0.150. The number of sulfonamides is 1. The highest BCUT2D eigenvalue weighted by Gasteiger charge is 2.33. The van der Waals surface area contributed by atoms with Crippen LogP contribution in [0.4, 0.5) is 5.69 Å². The molecule has 21 heavy (non-hydrogen) atoms. The molecule has 1 heterocycles. The van der Waals surface area contributed by atoms with E-state index in [2.05, 4.69) is 13.8 Å². The molecule has 0 saturated carbocycles. The van der Waals surface area contributed by atoms with Gasteiger partial charge in [0.15, 0.2) is 0 Å². The third kappa shape index (κ3) is 3.47. The number of rotatable bonds is 3. The molecule has 0 atom stereocenters. The Morgan fingerprint density at radius 3 is 2.10 bits per heavy atom. The summed E-state index contributed by atoms with van der Waals surface area (Å²) in [6.07, 6.45) is 1.72. The minimum atomic E-state index is -3.68. The van der Waals surface area contributed by atoms with Crippen molar-refractivity contribution in [3.05, 3.63) is 22.2 Å². The Kier molecular flexibility index (Phi) is 5.08. The third-order valence-corrected chi connectivity index (χ3v) is 6.88. The van der Waals surface area contributed by atoms with E-state index in [9.17, 15) is 8.42 Å². The van der Waals surface area contributed by atoms with E-state index in [1.54, 1.807) is 0 Å². The number of benzene rings is 1. The Labute approximate surface area is 136 Å². The maximum absolute atomic E-state index is 12.7. The molecule has 1 aliphatic heterocycles. The molecule has 2 N–H and O–H groups in total. The number of hydrogen-bond acceptors (Lipinski definition) is 3. The molecule has 1 fully saturated rings. The van der Waals surface area contributed by atoms with Gasteiger partial charge in [0.2, 0.25) is 10.0 Å². The molecule has 4 nitrogen and oxygen atoms in total. The van der Waals surface area contributed by atoms with Gasteiger partial charge in [-0.2, -0.15) is 4.31 Å². The number of halogens is 2. The van der Waals surface area contributed by atoms with Crippen molar-refractivity contribution in [1.29, 1.82) is 0 Å². The summed E-state index contributed by atoms with van der Waals surface area (Å²) < 4.78 is 26.9. The van der Waals surface area contributed by atoms with E-state index >= 15 is 0 Å². The van der Waals surface area contributed by atoms with Crippen molar-refractivity contribution in [3.63, 3.8) is 0 Å². The summed E-state index contributed by atoms with van der Waals surface area (Å²) >= 11 is 12.1. The SMILES string of the molecule is CC(C)C1CCN(S(=O)(=O)c2c(Cl)cc(N)cc2Cl)CC1. The predicted molar refractivity (Wildman–Crippen MR) is 87.2 cm³/mol.